The molecule has 130 valence electrons. The minimum absolute atomic E-state index is 0.710. The molecule has 2 aliphatic rings. The Hall–Kier alpha value is -0.0800. The van der Waals surface area contributed by atoms with Crippen LogP contribution in [0.3, 0.4) is 0 Å². The fraction of sp³-hybridized carbons (Fsp3) is 1.00. The van der Waals surface area contributed by atoms with Crippen LogP contribution in [0, 0.1) is 17.8 Å². The largest absolute Gasteiger partial charge is 0.303 e. The molecule has 0 radical (unpaired) electrons. The van der Waals surface area contributed by atoms with E-state index in [1.807, 2.05) is 0 Å². The number of nitrogens with zero attached hydrogens (tertiary/aromatic N) is 2. The number of rotatable bonds is 6. The molecule has 0 aromatic carbocycles. The summed E-state index contributed by atoms with van der Waals surface area (Å²) in [6, 6.07) is 1.56. The molecule has 0 aromatic rings. The molecule has 0 spiro atoms. The maximum absolute atomic E-state index is 2.77. The number of piperidine rings is 1. The normalized spacial score (nSPS) is 28.9. The summed E-state index contributed by atoms with van der Waals surface area (Å²) in [5, 5.41) is 0. The van der Waals surface area contributed by atoms with Crippen LogP contribution in [0.5, 0.6) is 0 Å². The second kappa shape index (κ2) is 8.68. The van der Waals surface area contributed by atoms with Crippen LogP contribution in [-0.4, -0.2) is 48.1 Å². The monoisotopic (exact) mass is 308 g/mol. The molecule has 22 heavy (non-hydrogen) atoms. The van der Waals surface area contributed by atoms with Crippen molar-refractivity contribution in [1.82, 2.24) is 9.80 Å². The van der Waals surface area contributed by atoms with Crippen LogP contribution >= 0.6 is 0 Å². The summed E-state index contributed by atoms with van der Waals surface area (Å²) in [4.78, 5) is 5.48. The molecular formula is C20H40N2. The Morgan fingerprint density at radius 3 is 1.95 bits per heavy atom. The molecule has 0 amide bonds. The molecule has 0 bridgehead atoms. The molecule has 2 fully saturated rings. The minimum Gasteiger partial charge on any atom is -0.303 e. The van der Waals surface area contributed by atoms with Crippen LogP contribution in [0.15, 0.2) is 0 Å². The smallest absolute Gasteiger partial charge is 0.00980 e. The first kappa shape index (κ1) is 18.3. The highest BCUT2D eigenvalue weighted by Crippen LogP contribution is 2.31. The zero-order chi connectivity index (χ0) is 16.1. The van der Waals surface area contributed by atoms with E-state index < -0.39 is 0 Å². The van der Waals surface area contributed by atoms with Crippen LogP contribution in [0.2, 0.25) is 0 Å². The van der Waals surface area contributed by atoms with E-state index in [4.69, 9.17) is 0 Å². The molecule has 0 N–H and O–H groups in total. The summed E-state index contributed by atoms with van der Waals surface area (Å²) in [6.45, 7) is 17.1. The van der Waals surface area contributed by atoms with Crippen LogP contribution in [0.4, 0.5) is 0 Å². The van der Waals surface area contributed by atoms with Gasteiger partial charge in [-0.1, -0.05) is 20.8 Å². The molecule has 2 nitrogen and oxygen atoms in total. The fourth-order valence-electron chi connectivity index (χ4n) is 4.87. The van der Waals surface area contributed by atoms with Crippen LogP contribution in [0.25, 0.3) is 0 Å². The summed E-state index contributed by atoms with van der Waals surface area (Å²) in [7, 11) is 0. The maximum Gasteiger partial charge on any atom is 0.00980 e. The molecule has 2 rings (SSSR count). The SMILES string of the molecule is CCN(C(C)C)C1CCC(CN2CCC(C(C)C)CC2)CC1. The quantitative estimate of drug-likeness (QED) is 0.705. The lowest BCUT2D eigenvalue weighted by Crippen LogP contribution is -2.44. The molecule has 1 saturated heterocycles. The highest BCUT2D eigenvalue weighted by Gasteiger charge is 2.28. The Labute approximate surface area is 139 Å². The van der Waals surface area contributed by atoms with Gasteiger partial charge in [-0.25, -0.2) is 0 Å². The topological polar surface area (TPSA) is 6.48 Å². The van der Waals surface area contributed by atoms with Gasteiger partial charge in [0.05, 0.1) is 0 Å². The van der Waals surface area contributed by atoms with Gasteiger partial charge in [0.25, 0.3) is 0 Å². The van der Waals surface area contributed by atoms with Gasteiger partial charge in [0, 0.05) is 18.6 Å². The molecular weight excluding hydrogens is 268 g/mol. The molecule has 0 atom stereocenters. The lowest BCUT2D eigenvalue weighted by Gasteiger charge is -2.41. The molecule has 2 heteroatoms. The summed E-state index contributed by atoms with van der Waals surface area (Å²) in [5.74, 6) is 2.84. The predicted molar refractivity (Wildman–Crippen MR) is 97.3 cm³/mol. The van der Waals surface area contributed by atoms with Crippen LogP contribution < -0.4 is 0 Å². The predicted octanol–water partition coefficient (Wildman–Crippen LogP) is 4.64. The van der Waals surface area contributed by atoms with Crippen molar-refractivity contribution < 1.29 is 0 Å². The van der Waals surface area contributed by atoms with Crippen molar-refractivity contribution in [3.05, 3.63) is 0 Å². The van der Waals surface area contributed by atoms with E-state index in [1.54, 1.807) is 0 Å². The Balaban J connectivity index is 1.70. The van der Waals surface area contributed by atoms with Gasteiger partial charge < -0.3 is 4.90 Å². The number of hydrogen-bond donors (Lipinski definition) is 0. The van der Waals surface area contributed by atoms with E-state index >= 15 is 0 Å². The Morgan fingerprint density at radius 1 is 0.909 bits per heavy atom. The third kappa shape index (κ3) is 4.96. The third-order valence-electron chi connectivity index (χ3n) is 6.41. The van der Waals surface area contributed by atoms with Gasteiger partial charge in [-0.2, -0.15) is 0 Å². The van der Waals surface area contributed by atoms with Crippen molar-refractivity contribution in [3.63, 3.8) is 0 Å². The molecule has 1 heterocycles. The van der Waals surface area contributed by atoms with Gasteiger partial charge >= 0.3 is 0 Å². The summed E-state index contributed by atoms with van der Waals surface area (Å²) >= 11 is 0. The van der Waals surface area contributed by atoms with Crippen LogP contribution in [0.1, 0.15) is 73.1 Å². The maximum atomic E-state index is 2.77. The van der Waals surface area contributed by atoms with E-state index in [9.17, 15) is 0 Å². The van der Waals surface area contributed by atoms with E-state index in [1.165, 1.54) is 64.7 Å². The van der Waals surface area contributed by atoms with Crippen molar-refractivity contribution in [2.45, 2.75) is 85.2 Å². The molecule has 0 aromatic heterocycles. The van der Waals surface area contributed by atoms with E-state index in [0.717, 1.165) is 23.8 Å². The fourth-order valence-corrected chi connectivity index (χ4v) is 4.87. The molecule has 1 aliphatic heterocycles. The van der Waals surface area contributed by atoms with Gasteiger partial charge in [0.2, 0.25) is 0 Å². The zero-order valence-corrected chi connectivity index (χ0v) is 15.9. The van der Waals surface area contributed by atoms with Crippen molar-refractivity contribution in [1.29, 1.82) is 0 Å². The van der Waals surface area contributed by atoms with Gasteiger partial charge in [0.1, 0.15) is 0 Å². The highest BCUT2D eigenvalue weighted by molar-refractivity contribution is 4.83. The van der Waals surface area contributed by atoms with Gasteiger partial charge in [-0.05, 0) is 89.8 Å². The Morgan fingerprint density at radius 2 is 1.50 bits per heavy atom. The minimum atomic E-state index is 0.710. The first-order valence-electron chi connectivity index (χ1n) is 9.99. The lowest BCUT2D eigenvalue weighted by atomic mass is 9.83. The standard InChI is InChI=1S/C20H40N2/c1-6-22(17(4)5)20-9-7-18(8-10-20)15-21-13-11-19(12-14-21)16(2)3/h16-20H,6-15H2,1-5H3. The summed E-state index contributed by atoms with van der Waals surface area (Å²) < 4.78 is 0. The molecule has 1 saturated carbocycles. The Bertz CT molecular complexity index is 297. The number of hydrogen-bond acceptors (Lipinski definition) is 2. The second-order valence-corrected chi connectivity index (χ2v) is 8.48. The van der Waals surface area contributed by atoms with E-state index in [0.29, 0.717) is 6.04 Å². The van der Waals surface area contributed by atoms with Crippen molar-refractivity contribution in [3.8, 4) is 0 Å². The molecule has 1 aliphatic carbocycles. The first-order chi connectivity index (χ1) is 10.5. The molecule has 0 unspecified atom stereocenters. The van der Waals surface area contributed by atoms with Crippen LogP contribution in [-0.2, 0) is 0 Å². The Kier molecular flexibility index (Phi) is 7.21. The summed E-state index contributed by atoms with van der Waals surface area (Å²) in [5.41, 5.74) is 0. The van der Waals surface area contributed by atoms with E-state index in [-0.39, 0.29) is 0 Å². The first-order valence-corrected chi connectivity index (χ1v) is 9.99. The van der Waals surface area contributed by atoms with Crippen molar-refractivity contribution >= 4 is 0 Å². The number of likely N-dealkylation sites (tertiary alicyclic amines) is 1. The highest BCUT2D eigenvalue weighted by atomic mass is 15.2. The average molecular weight is 309 g/mol. The van der Waals surface area contributed by atoms with Crippen molar-refractivity contribution in [2.24, 2.45) is 17.8 Å². The second-order valence-electron chi connectivity index (χ2n) is 8.48. The van der Waals surface area contributed by atoms with Gasteiger partial charge in [0.15, 0.2) is 0 Å². The lowest BCUT2D eigenvalue weighted by molar-refractivity contribution is 0.0864. The average Bonchev–Trinajstić information content (AvgIpc) is 2.50. The van der Waals surface area contributed by atoms with E-state index in [2.05, 4.69) is 44.4 Å². The zero-order valence-electron chi connectivity index (χ0n) is 15.9. The van der Waals surface area contributed by atoms with Gasteiger partial charge in [-0.15, -0.1) is 0 Å². The third-order valence-corrected chi connectivity index (χ3v) is 6.41. The van der Waals surface area contributed by atoms with Crippen molar-refractivity contribution in [2.75, 3.05) is 26.2 Å². The van der Waals surface area contributed by atoms with Gasteiger partial charge in [-0.3, -0.25) is 4.90 Å². The summed E-state index contributed by atoms with van der Waals surface area (Å²) in [6.07, 6.45) is 8.64.